The average Bonchev–Trinajstić information content (AvgIpc) is 3.10. The van der Waals surface area contributed by atoms with Gasteiger partial charge < -0.3 is 20.1 Å². The number of hydrogen-bond donors (Lipinski definition) is 2. The Hall–Kier alpha value is -2.79. The summed E-state index contributed by atoms with van der Waals surface area (Å²) in [7, 11) is 0. The number of likely N-dealkylation sites (tertiary alicyclic amines) is 1. The topological polar surface area (TPSA) is 114 Å². The molecule has 2 saturated heterocycles. The largest absolute Gasteiger partial charge is 0.461 e. The lowest BCUT2D eigenvalue weighted by atomic mass is 9.95. The van der Waals surface area contributed by atoms with E-state index in [1.54, 1.807) is 20.8 Å². The van der Waals surface area contributed by atoms with Gasteiger partial charge in [0.15, 0.2) is 0 Å². The molecule has 0 aliphatic carbocycles. The quantitative estimate of drug-likeness (QED) is 0.418. The van der Waals surface area contributed by atoms with E-state index in [1.165, 1.54) is 6.92 Å². The van der Waals surface area contributed by atoms with Crippen molar-refractivity contribution in [1.82, 2.24) is 15.5 Å². The third-order valence-corrected chi connectivity index (χ3v) is 5.36. The molecule has 34 heavy (non-hydrogen) atoms. The Labute approximate surface area is 196 Å². The van der Waals surface area contributed by atoms with Gasteiger partial charge in [0.1, 0.15) is 11.6 Å². The van der Waals surface area contributed by atoms with Gasteiger partial charge in [0, 0.05) is 31.8 Å². The SMILES string of the molecule is CCOC(=O)/C(F)=C/[C@H](C[C@@H]1CCNC1=O)NC(=O)[C@@H]1CC(F)(F)CCN1C(=O)OC(C)(C)C. The number of esters is 1. The van der Waals surface area contributed by atoms with Gasteiger partial charge in [-0.25, -0.2) is 18.4 Å². The van der Waals surface area contributed by atoms with Crippen molar-refractivity contribution in [2.24, 2.45) is 5.92 Å². The number of alkyl halides is 2. The zero-order valence-electron chi connectivity index (χ0n) is 19.8. The first-order chi connectivity index (χ1) is 15.7. The summed E-state index contributed by atoms with van der Waals surface area (Å²) in [4.78, 5) is 50.2. The van der Waals surface area contributed by atoms with Crippen LogP contribution in [0.15, 0.2) is 11.9 Å². The normalized spacial score (nSPS) is 23.7. The summed E-state index contributed by atoms with van der Waals surface area (Å²) in [5.41, 5.74) is -0.915. The van der Waals surface area contributed by atoms with Crippen molar-refractivity contribution in [3.8, 4) is 0 Å². The molecule has 0 spiro atoms. The number of amides is 3. The number of carbonyl (C=O) groups is 4. The highest BCUT2D eigenvalue weighted by atomic mass is 19.3. The third-order valence-electron chi connectivity index (χ3n) is 5.36. The lowest BCUT2D eigenvalue weighted by Crippen LogP contribution is -2.58. The van der Waals surface area contributed by atoms with Crippen LogP contribution >= 0.6 is 0 Å². The minimum Gasteiger partial charge on any atom is -0.461 e. The van der Waals surface area contributed by atoms with Crippen LogP contribution in [0.3, 0.4) is 0 Å². The van der Waals surface area contributed by atoms with Gasteiger partial charge in [0.2, 0.25) is 17.6 Å². The van der Waals surface area contributed by atoms with Crippen LogP contribution in [0.1, 0.15) is 53.4 Å². The van der Waals surface area contributed by atoms with Crippen molar-refractivity contribution >= 4 is 23.9 Å². The first-order valence-electron chi connectivity index (χ1n) is 11.2. The van der Waals surface area contributed by atoms with Crippen LogP contribution in [-0.2, 0) is 23.9 Å². The van der Waals surface area contributed by atoms with Crippen LogP contribution < -0.4 is 10.6 Å². The molecule has 0 aromatic carbocycles. The maximum absolute atomic E-state index is 14.3. The molecule has 0 radical (unpaired) electrons. The van der Waals surface area contributed by atoms with Gasteiger partial charge in [-0.05, 0) is 46.6 Å². The second kappa shape index (κ2) is 11.1. The molecule has 12 heteroatoms. The van der Waals surface area contributed by atoms with Gasteiger partial charge in [-0.3, -0.25) is 14.5 Å². The predicted octanol–water partition coefficient (Wildman–Crippen LogP) is 2.45. The van der Waals surface area contributed by atoms with E-state index in [0.29, 0.717) is 13.0 Å². The van der Waals surface area contributed by atoms with Crippen molar-refractivity contribution in [1.29, 1.82) is 0 Å². The molecule has 2 rings (SSSR count). The van der Waals surface area contributed by atoms with Gasteiger partial charge >= 0.3 is 12.1 Å². The summed E-state index contributed by atoms with van der Waals surface area (Å²) in [6.45, 7) is 6.20. The van der Waals surface area contributed by atoms with E-state index in [4.69, 9.17) is 4.74 Å². The second-order valence-corrected chi connectivity index (χ2v) is 9.36. The number of carbonyl (C=O) groups excluding carboxylic acids is 4. The highest BCUT2D eigenvalue weighted by Gasteiger charge is 2.46. The zero-order valence-corrected chi connectivity index (χ0v) is 19.8. The Balaban J connectivity index is 2.26. The number of hydrogen-bond acceptors (Lipinski definition) is 6. The standard InChI is InChI=1S/C22H32F3N3O6/c1-5-33-19(31)15(23)11-14(10-13-6-8-26-17(13)29)27-18(30)16-12-22(24,25)7-9-28(16)20(32)34-21(2,3)4/h11,13-14,16H,5-10,12H2,1-4H3,(H,26,29)(H,27,30)/b15-11-/t13-,14-,16-/m0/s1. The molecule has 9 nitrogen and oxygen atoms in total. The summed E-state index contributed by atoms with van der Waals surface area (Å²) in [6, 6.07) is -2.76. The fourth-order valence-electron chi connectivity index (χ4n) is 3.78. The molecule has 0 unspecified atom stereocenters. The molecule has 0 aromatic rings. The number of halogens is 3. The minimum atomic E-state index is -3.20. The number of nitrogens with zero attached hydrogens (tertiary/aromatic N) is 1. The molecule has 3 atom stereocenters. The Morgan fingerprint density at radius 2 is 2.00 bits per heavy atom. The first kappa shape index (κ1) is 27.5. The zero-order chi connectivity index (χ0) is 25.7. The second-order valence-electron chi connectivity index (χ2n) is 9.36. The van der Waals surface area contributed by atoms with Crippen LogP contribution in [0.5, 0.6) is 0 Å². The lowest BCUT2D eigenvalue weighted by molar-refractivity contribution is -0.140. The molecule has 3 amide bonds. The van der Waals surface area contributed by atoms with Crippen molar-refractivity contribution in [2.45, 2.75) is 77.0 Å². The maximum atomic E-state index is 14.3. The Kier molecular flexibility index (Phi) is 8.96. The van der Waals surface area contributed by atoms with Gasteiger partial charge in [0.05, 0.1) is 12.6 Å². The fraction of sp³-hybridized carbons (Fsp3) is 0.727. The summed E-state index contributed by atoms with van der Waals surface area (Å²) in [6.07, 6.45) is -1.37. The number of ether oxygens (including phenoxy) is 2. The van der Waals surface area contributed by atoms with Crippen molar-refractivity contribution in [3.63, 3.8) is 0 Å². The molecule has 2 aliphatic rings. The van der Waals surface area contributed by atoms with Crippen LogP contribution in [0.2, 0.25) is 0 Å². The van der Waals surface area contributed by atoms with E-state index in [-0.39, 0.29) is 18.9 Å². The predicted molar refractivity (Wildman–Crippen MR) is 114 cm³/mol. The molecule has 0 saturated carbocycles. The van der Waals surface area contributed by atoms with Gasteiger partial charge in [0.25, 0.3) is 5.92 Å². The number of nitrogens with one attached hydrogen (secondary N) is 2. The number of piperidine rings is 1. The summed E-state index contributed by atoms with van der Waals surface area (Å²) in [5, 5.41) is 5.04. The Bertz CT molecular complexity index is 827. The van der Waals surface area contributed by atoms with E-state index in [2.05, 4.69) is 15.4 Å². The third kappa shape index (κ3) is 7.91. The Morgan fingerprint density at radius 1 is 1.32 bits per heavy atom. The van der Waals surface area contributed by atoms with Gasteiger partial charge in [-0.15, -0.1) is 0 Å². The number of rotatable bonds is 7. The van der Waals surface area contributed by atoms with Crippen LogP contribution in [-0.4, -0.2) is 72.1 Å². The van der Waals surface area contributed by atoms with E-state index < -0.39 is 72.7 Å². The van der Waals surface area contributed by atoms with Crippen molar-refractivity contribution in [3.05, 3.63) is 11.9 Å². The molecule has 2 fully saturated rings. The molecule has 0 aromatic heterocycles. The average molecular weight is 492 g/mol. The molecular formula is C22H32F3N3O6. The van der Waals surface area contributed by atoms with E-state index in [9.17, 15) is 32.3 Å². The monoisotopic (exact) mass is 491 g/mol. The maximum Gasteiger partial charge on any atom is 0.410 e. The Morgan fingerprint density at radius 3 is 2.56 bits per heavy atom. The molecule has 2 aliphatic heterocycles. The first-order valence-corrected chi connectivity index (χ1v) is 11.2. The lowest BCUT2D eigenvalue weighted by Gasteiger charge is -2.39. The van der Waals surface area contributed by atoms with Gasteiger partial charge in [-0.1, -0.05) is 0 Å². The summed E-state index contributed by atoms with van der Waals surface area (Å²) < 4.78 is 52.5. The van der Waals surface area contributed by atoms with Crippen LogP contribution in [0.25, 0.3) is 0 Å². The summed E-state index contributed by atoms with van der Waals surface area (Å²) >= 11 is 0. The van der Waals surface area contributed by atoms with E-state index in [0.717, 1.165) is 11.0 Å². The highest BCUT2D eigenvalue weighted by Crippen LogP contribution is 2.33. The molecular weight excluding hydrogens is 459 g/mol. The fourth-order valence-corrected chi connectivity index (χ4v) is 3.78. The smallest absolute Gasteiger partial charge is 0.410 e. The minimum absolute atomic E-state index is 0.0695. The van der Waals surface area contributed by atoms with E-state index >= 15 is 0 Å². The molecule has 2 heterocycles. The van der Waals surface area contributed by atoms with Crippen LogP contribution in [0, 0.1) is 5.92 Å². The van der Waals surface area contributed by atoms with E-state index in [1.807, 2.05) is 0 Å². The summed E-state index contributed by atoms with van der Waals surface area (Å²) in [5.74, 6) is -7.59. The molecule has 0 bridgehead atoms. The van der Waals surface area contributed by atoms with Crippen molar-refractivity contribution in [2.75, 3.05) is 19.7 Å². The van der Waals surface area contributed by atoms with Gasteiger partial charge in [-0.2, -0.15) is 4.39 Å². The molecule has 2 N–H and O–H groups in total. The highest BCUT2D eigenvalue weighted by molar-refractivity contribution is 5.88. The van der Waals surface area contributed by atoms with Crippen LogP contribution in [0.4, 0.5) is 18.0 Å². The molecule has 192 valence electrons. The van der Waals surface area contributed by atoms with Crippen molar-refractivity contribution < 1.29 is 41.8 Å².